The van der Waals surface area contributed by atoms with E-state index in [0.29, 0.717) is 5.39 Å². The molecule has 0 unspecified atom stereocenters. The van der Waals surface area contributed by atoms with Gasteiger partial charge in [-0.25, -0.2) is 17.5 Å². The van der Waals surface area contributed by atoms with Gasteiger partial charge in [-0.1, -0.05) is 48.5 Å². The summed E-state index contributed by atoms with van der Waals surface area (Å²) in [5.74, 6) is -1.05. The number of benzene rings is 3. The lowest BCUT2D eigenvalue weighted by atomic mass is 10.1. The molecule has 1 amide bonds. The topological polar surface area (TPSA) is 63.2 Å². The zero-order valence-electron chi connectivity index (χ0n) is 14.4. The van der Waals surface area contributed by atoms with Gasteiger partial charge in [0.05, 0.1) is 9.77 Å². The summed E-state index contributed by atoms with van der Waals surface area (Å²) in [6.45, 7) is 0. The normalized spacial score (nSPS) is 11.5. The maximum absolute atomic E-state index is 13.1. The van der Waals surface area contributed by atoms with E-state index in [1.807, 2.05) is 18.2 Å². The molecule has 0 bridgehead atoms. The van der Waals surface area contributed by atoms with Crippen molar-refractivity contribution in [2.75, 3.05) is 0 Å². The number of halogens is 1. The van der Waals surface area contributed by atoms with E-state index < -0.39 is 15.9 Å². The summed E-state index contributed by atoms with van der Waals surface area (Å²) in [7, 11) is -4.04. The number of fused-ring (bicyclic) bond motifs is 1. The molecular formula is C21H14FNO3S2. The quantitative estimate of drug-likeness (QED) is 0.523. The molecule has 3 aromatic carbocycles. The lowest BCUT2D eigenvalue weighted by Gasteiger charge is -2.09. The van der Waals surface area contributed by atoms with Crippen LogP contribution in [-0.2, 0) is 10.0 Å². The molecule has 0 aliphatic heterocycles. The van der Waals surface area contributed by atoms with Crippen molar-refractivity contribution in [3.8, 4) is 11.1 Å². The SMILES string of the molecule is O=C(NS(=O)(=O)c1cccc2ccccc12)c1cc(-c2ccc(F)cc2)cs1. The van der Waals surface area contributed by atoms with Gasteiger partial charge in [-0.05, 0) is 46.2 Å². The summed E-state index contributed by atoms with van der Waals surface area (Å²) >= 11 is 1.13. The Labute approximate surface area is 165 Å². The number of thiophene rings is 1. The van der Waals surface area contributed by atoms with E-state index in [1.54, 1.807) is 41.8 Å². The van der Waals surface area contributed by atoms with Gasteiger partial charge in [-0.2, -0.15) is 0 Å². The Morgan fingerprint density at radius 1 is 0.893 bits per heavy atom. The van der Waals surface area contributed by atoms with E-state index in [0.717, 1.165) is 27.8 Å². The van der Waals surface area contributed by atoms with Crippen molar-refractivity contribution in [2.24, 2.45) is 0 Å². The van der Waals surface area contributed by atoms with E-state index in [2.05, 4.69) is 4.72 Å². The molecular weight excluding hydrogens is 397 g/mol. The highest BCUT2D eigenvalue weighted by Gasteiger charge is 2.22. The number of nitrogens with one attached hydrogen (secondary N) is 1. The summed E-state index contributed by atoms with van der Waals surface area (Å²) in [4.78, 5) is 12.8. The molecule has 4 rings (SSSR count). The minimum absolute atomic E-state index is 0.0502. The van der Waals surface area contributed by atoms with Gasteiger partial charge >= 0.3 is 0 Å². The summed E-state index contributed by atoms with van der Waals surface area (Å²) in [6, 6.07) is 19.5. The molecule has 1 aromatic heterocycles. The molecule has 0 aliphatic carbocycles. The van der Waals surface area contributed by atoms with Crippen LogP contribution in [0.25, 0.3) is 21.9 Å². The molecule has 7 heteroatoms. The molecule has 0 atom stereocenters. The molecule has 0 saturated carbocycles. The van der Waals surface area contributed by atoms with Crippen LogP contribution in [0.3, 0.4) is 0 Å². The van der Waals surface area contributed by atoms with Crippen LogP contribution < -0.4 is 4.72 Å². The Balaban J connectivity index is 1.62. The highest BCUT2D eigenvalue weighted by atomic mass is 32.2. The number of hydrogen-bond acceptors (Lipinski definition) is 4. The van der Waals surface area contributed by atoms with Gasteiger partial charge in [-0.3, -0.25) is 4.79 Å². The lowest BCUT2D eigenvalue weighted by molar-refractivity contribution is 0.0985. The molecule has 0 aliphatic rings. The Hall–Kier alpha value is -3.03. The van der Waals surface area contributed by atoms with Crippen molar-refractivity contribution >= 4 is 38.0 Å². The van der Waals surface area contributed by atoms with Crippen molar-refractivity contribution in [2.45, 2.75) is 4.90 Å². The number of amides is 1. The molecule has 1 heterocycles. The second-order valence-corrected chi connectivity index (χ2v) is 8.68. The van der Waals surface area contributed by atoms with Crippen molar-refractivity contribution in [1.82, 2.24) is 4.72 Å². The Morgan fingerprint density at radius 3 is 2.39 bits per heavy atom. The molecule has 0 spiro atoms. The smallest absolute Gasteiger partial charge is 0.267 e. The first kappa shape index (κ1) is 18.3. The van der Waals surface area contributed by atoms with E-state index >= 15 is 0 Å². The van der Waals surface area contributed by atoms with Crippen LogP contribution in [0.4, 0.5) is 4.39 Å². The Kier molecular flexibility index (Phi) is 4.70. The fourth-order valence-electron chi connectivity index (χ4n) is 2.91. The average Bonchev–Trinajstić information content (AvgIpc) is 3.18. The predicted octanol–water partition coefficient (Wildman–Crippen LogP) is 4.83. The maximum atomic E-state index is 13.1. The van der Waals surface area contributed by atoms with Crippen molar-refractivity contribution in [3.05, 3.63) is 88.9 Å². The molecule has 0 fully saturated rings. The summed E-state index contributed by atoms with van der Waals surface area (Å²) < 4.78 is 40.8. The van der Waals surface area contributed by atoms with E-state index in [1.165, 1.54) is 18.2 Å². The summed E-state index contributed by atoms with van der Waals surface area (Å²) in [5, 5.41) is 3.04. The first-order chi connectivity index (χ1) is 13.4. The predicted molar refractivity (Wildman–Crippen MR) is 108 cm³/mol. The molecule has 0 saturated heterocycles. The van der Waals surface area contributed by atoms with Crippen molar-refractivity contribution in [3.63, 3.8) is 0 Å². The highest BCUT2D eigenvalue weighted by molar-refractivity contribution is 7.90. The first-order valence-corrected chi connectivity index (χ1v) is 10.7. The second kappa shape index (κ2) is 7.18. The second-order valence-electron chi connectivity index (χ2n) is 6.12. The van der Waals surface area contributed by atoms with Gasteiger partial charge < -0.3 is 0 Å². The Bertz CT molecular complexity index is 1270. The van der Waals surface area contributed by atoms with Gasteiger partial charge in [0.15, 0.2) is 0 Å². The molecule has 140 valence electrons. The van der Waals surface area contributed by atoms with Crippen molar-refractivity contribution in [1.29, 1.82) is 0 Å². The fourth-order valence-corrected chi connectivity index (χ4v) is 4.98. The number of rotatable bonds is 4. The maximum Gasteiger partial charge on any atom is 0.275 e. The minimum Gasteiger partial charge on any atom is -0.267 e. The fraction of sp³-hybridized carbons (Fsp3) is 0. The van der Waals surface area contributed by atoms with Gasteiger partial charge in [-0.15, -0.1) is 11.3 Å². The zero-order chi connectivity index (χ0) is 19.7. The van der Waals surface area contributed by atoms with Crippen LogP contribution >= 0.6 is 11.3 Å². The largest absolute Gasteiger partial charge is 0.275 e. The molecule has 4 nitrogen and oxygen atoms in total. The molecule has 28 heavy (non-hydrogen) atoms. The third kappa shape index (κ3) is 3.54. The highest BCUT2D eigenvalue weighted by Crippen LogP contribution is 2.27. The van der Waals surface area contributed by atoms with Crippen LogP contribution in [0.2, 0.25) is 0 Å². The van der Waals surface area contributed by atoms with E-state index in [4.69, 9.17) is 0 Å². The summed E-state index contributed by atoms with van der Waals surface area (Å²) in [5.41, 5.74) is 1.46. The van der Waals surface area contributed by atoms with E-state index in [-0.39, 0.29) is 15.6 Å². The van der Waals surface area contributed by atoms with Gasteiger partial charge in [0.1, 0.15) is 5.82 Å². The molecule has 1 N–H and O–H groups in total. The van der Waals surface area contributed by atoms with Crippen LogP contribution in [-0.4, -0.2) is 14.3 Å². The van der Waals surface area contributed by atoms with Crippen molar-refractivity contribution < 1.29 is 17.6 Å². The van der Waals surface area contributed by atoms with Gasteiger partial charge in [0.2, 0.25) is 0 Å². The zero-order valence-corrected chi connectivity index (χ0v) is 16.1. The monoisotopic (exact) mass is 411 g/mol. The number of hydrogen-bond donors (Lipinski definition) is 1. The van der Waals surface area contributed by atoms with E-state index in [9.17, 15) is 17.6 Å². The average molecular weight is 411 g/mol. The number of carbonyl (C=O) groups is 1. The summed E-state index contributed by atoms with van der Waals surface area (Å²) in [6.07, 6.45) is 0. The van der Waals surface area contributed by atoms with Gasteiger partial charge in [0.25, 0.3) is 15.9 Å². The standard InChI is InChI=1S/C21H14FNO3S2/c22-17-10-8-14(9-11-17)16-12-19(27-13-16)21(24)23-28(25,26)20-7-3-5-15-4-1-2-6-18(15)20/h1-13H,(H,23,24). The van der Waals surface area contributed by atoms with Gasteiger partial charge in [0, 0.05) is 5.39 Å². The minimum atomic E-state index is -4.04. The molecule has 0 radical (unpaired) electrons. The Morgan fingerprint density at radius 2 is 1.61 bits per heavy atom. The number of carbonyl (C=O) groups excluding carboxylic acids is 1. The lowest BCUT2D eigenvalue weighted by Crippen LogP contribution is -2.30. The third-order valence-electron chi connectivity index (χ3n) is 4.27. The number of sulfonamides is 1. The first-order valence-electron chi connectivity index (χ1n) is 8.33. The van der Waals surface area contributed by atoms with Crippen LogP contribution in [0.1, 0.15) is 9.67 Å². The molecule has 4 aromatic rings. The van der Waals surface area contributed by atoms with Crippen LogP contribution in [0, 0.1) is 5.82 Å². The van der Waals surface area contributed by atoms with Crippen LogP contribution in [0.5, 0.6) is 0 Å². The third-order valence-corrected chi connectivity index (χ3v) is 6.59. The van der Waals surface area contributed by atoms with Crippen LogP contribution in [0.15, 0.2) is 83.1 Å².